The molecule has 6 heteroatoms. The van der Waals surface area contributed by atoms with E-state index in [0.717, 1.165) is 39.3 Å². The molecule has 0 radical (unpaired) electrons. The highest BCUT2D eigenvalue weighted by molar-refractivity contribution is 6.04. The molecule has 1 saturated heterocycles. The van der Waals surface area contributed by atoms with Crippen molar-refractivity contribution in [3.8, 4) is 0 Å². The lowest BCUT2D eigenvalue weighted by molar-refractivity contribution is -0.149. The quantitative estimate of drug-likeness (QED) is 0.503. The predicted octanol–water partition coefficient (Wildman–Crippen LogP) is -0.310. The molecule has 2 N–H and O–H groups in total. The molecule has 2 aliphatic rings. The van der Waals surface area contributed by atoms with Crippen molar-refractivity contribution in [2.24, 2.45) is 5.41 Å². The number of carbonyl (C=O) groups excluding carboxylic acids is 1. The molecule has 2 fully saturated rings. The Morgan fingerprint density at radius 3 is 2.50 bits per heavy atom. The molecule has 2 rings (SSSR count). The van der Waals surface area contributed by atoms with Gasteiger partial charge in [0.25, 0.3) is 0 Å². The summed E-state index contributed by atoms with van der Waals surface area (Å²) < 4.78 is 5.25. The first-order valence-electron chi connectivity index (χ1n) is 6.47. The van der Waals surface area contributed by atoms with Crippen LogP contribution in [0, 0.1) is 5.41 Å². The molecule has 102 valence electrons. The fourth-order valence-corrected chi connectivity index (χ4v) is 2.16. The third-order valence-electron chi connectivity index (χ3n) is 3.63. The fraction of sp³-hybridized carbons (Fsp3) is 0.833. The molecule has 6 nitrogen and oxygen atoms in total. The third kappa shape index (κ3) is 3.00. The lowest BCUT2D eigenvalue weighted by Crippen LogP contribution is -2.40. The highest BCUT2D eigenvalue weighted by atomic mass is 16.5. The summed E-state index contributed by atoms with van der Waals surface area (Å²) in [6.45, 7) is 4.89. The van der Waals surface area contributed by atoms with Crippen molar-refractivity contribution in [3.05, 3.63) is 0 Å². The second-order valence-corrected chi connectivity index (χ2v) is 4.95. The van der Waals surface area contributed by atoms with Gasteiger partial charge in [-0.2, -0.15) is 0 Å². The van der Waals surface area contributed by atoms with E-state index in [2.05, 4.69) is 10.2 Å². The molecular weight excluding hydrogens is 236 g/mol. The van der Waals surface area contributed by atoms with Crippen molar-refractivity contribution >= 4 is 11.9 Å². The minimum atomic E-state index is -1.11. The average Bonchev–Trinajstić information content (AvgIpc) is 3.17. The Bertz CT molecular complexity index is 322. The molecule has 0 aromatic heterocycles. The van der Waals surface area contributed by atoms with Crippen LogP contribution in [0.25, 0.3) is 0 Å². The van der Waals surface area contributed by atoms with Crippen molar-refractivity contribution < 1.29 is 19.4 Å². The lowest BCUT2D eigenvalue weighted by Gasteiger charge is -2.26. The highest BCUT2D eigenvalue weighted by Crippen LogP contribution is 2.45. The zero-order chi connectivity index (χ0) is 13.0. The molecule has 18 heavy (non-hydrogen) atoms. The van der Waals surface area contributed by atoms with E-state index in [0.29, 0.717) is 19.4 Å². The number of carboxylic acid groups (broad SMARTS) is 1. The summed E-state index contributed by atoms with van der Waals surface area (Å²) in [4.78, 5) is 24.9. The van der Waals surface area contributed by atoms with Gasteiger partial charge in [-0.15, -0.1) is 0 Å². The number of hydrogen-bond donors (Lipinski definition) is 2. The van der Waals surface area contributed by atoms with Gasteiger partial charge < -0.3 is 15.2 Å². The summed E-state index contributed by atoms with van der Waals surface area (Å²) in [5.41, 5.74) is -1.11. The highest BCUT2D eigenvalue weighted by Gasteiger charge is 2.56. The molecule has 1 saturated carbocycles. The van der Waals surface area contributed by atoms with Gasteiger partial charge in [-0.25, -0.2) is 0 Å². The molecule has 1 heterocycles. The van der Waals surface area contributed by atoms with E-state index in [4.69, 9.17) is 9.84 Å². The van der Waals surface area contributed by atoms with E-state index in [1.54, 1.807) is 0 Å². The van der Waals surface area contributed by atoms with Crippen molar-refractivity contribution in [1.82, 2.24) is 10.2 Å². The molecule has 0 aromatic carbocycles. The zero-order valence-corrected chi connectivity index (χ0v) is 10.5. The molecule has 0 atom stereocenters. The topological polar surface area (TPSA) is 78.9 Å². The van der Waals surface area contributed by atoms with Gasteiger partial charge in [0, 0.05) is 19.6 Å². The SMILES string of the molecule is O=C(O)C1(C(=O)NCCCN2CCOCC2)CC1. The number of morpholine rings is 1. The first-order chi connectivity index (χ1) is 8.65. The van der Waals surface area contributed by atoms with Gasteiger partial charge in [0.1, 0.15) is 5.41 Å². The van der Waals surface area contributed by atoms with Crippen LogP contribution in [-0.2, 0) is 14.3 Å². The minimum absolute atomic E-state index is 0.322. The van der Waals surface area contributed by atoms with E-state index < -0.39 is 11.4 Å². The second-order valence-electron chi connectivity index (χ2n) is 4.95. The molecule has 1 amide bonds. The van der Waals surface area contributed by atoms with E-state index in [1.165, 1.54) is 0 Å². The van der Waals surface area contributed by atoms with Crippen molar-refractivity contribution in [2.75, 3.05) is 39.4 Å². The van der Waals surface area contributed by atoms with E-state index >= 15 is 0 Å². The Morgan fingerprint density at radius 1 is 1.28 bits per heavy atom. The Labute approximate surface area is 106 Å². The van der Waals surface area contributed by atoms with Crippen LogP contribution in [0.3, 0.4) is 0 Å². The van der Waals surface area contributed by atoms with Crippen LogP contribution in [0.2, 0.25) is 0 Å². The predicted molar refractivity (Wildman–Crippen MR) is 64.2 cm³/mol. The number of carboxylic acids is 1. The maximum atomic E-state index is 11.7. The number of ether oxygens (including phenoxy) is 1. The van der Waals surface area contributed by atoms with Gasteiger partial charge in [-0.1, -0.05) is 0 Å². The van der Waals surface area contributed by atoms with Crippen LogP contribution in [0.1, 0.15) is 19.3 Å². The second kappa shape index (κ2) is 5.67. The van der Waals surface area contributed by atoms with E-state index in [1.807, 2.05) is 0 Å². The average molecular weight is 256 g/mol. The molecular formula is C12H20N2O4. The van der Waals surface area contributed by atoms with Gasteiger partial charge >= 0.3 is 5.97 Å². The van der Waals surface area contributed by atoms with Gasteiger partial charge in [0.15, 0.2) is 0 Å². The first kappa shape index (κ1) is 13.3. The molecule has 0 spiro atoms. The summed E-state index contributed by atoms with van der Waals surface area (Å²) in [6, 6.07) is 0. The summed E-state index contributed by atoms with van der Waals surface area (Å²) in [5, 5.41) is 11.7. The number of hydrogen-bond acceptors (Lipinski definition) is 4. The third-order valence-corrected chi connectivity index (χ3v) is 3.63. The Morgan fingerprint density at radius 2 is 1.94 bits per heavy atom. The minimum Gasteiger partial charge on any atom is -0.480 e. The number of amides is 1. The van der Waals surface area contributed by atoms with Crippen LogP contribution >= 0.6 is 0 Å². The lowest BCUT2D eigenvalue weighted by atomic mass is 10.1. The molecule has 0 unspecified atom stereocenters. The van der Waals surface area contributed by atoms with Crippen LogP contribution in [0.5, 0.6) is 0 Å². The summed E-state index contributed by atoms with van der Waals surface area (Å²) in [7, 11) is 0. The number of nitrogens with zero attached hydrogens (tertiary/aromatic N) is 1. The molecule has 1 aliphatic heterocycles. The largest absolute Gasteiger partial charge is 0.480 e. The Balaban J connectivity index is 1.60. The first-order valence-corrected chi connectivity index (χ1v) is 6.47. The number of nitrogens with one attached hydrogen (secondary N) is 1. The number of aliphatic carboxylic acids is 1. The monoisotopic (exact) mass is 256 g/mol. The number of rotatable bonds is 6. The van der Waals surface area contributed by atoms with Gasteiger partial charge in [0.2, 0.25) is 5.91 Å². The van der Waals surface area contributed by atoms with Gasteiger partial charge in [-0.05, 0) is 25.8 Å². The standard InChI is InChI=1S/C12H20N2O4/c15-10(12(2-3-12)11(16)17)13-4-1-5-14-6-8-18-9-7-14/h1-9H2,(H,13,15)(H,16,17). The van der Waals surface area contributed by atoms with Crippen LogP contribution in [0.15, 0.2) is 0 Å². The van der Waals surface area contributed by atoms with Gasteiger partial charge in [-0.3, -0.25) is 14.5 Å². The Kier molecular flexibility index (Phi) is 4.19. The van der Waals surface area contributed by atoms with E-state index in [-0.39, 0.29) is 5.91 Å². The maximum Gasteiger partial charge on any atom is 0.319 e. The molecule has 0 aromatic rings. The van der Waals surface area contributed by atoms with Crippen molar-refractivity contribution in [2.45, 2.75) is 19.3 Å². The smallest absolute Gasteiger partial charge is 0.319 e. The molecule has 0 bridgehead atoms. The van der Waals surface area contributed by atoms with Crippen LogP contribution in [0.4, 0.5) is 0 Å². The summed E-state index contributed by atoms with van der Waals surface area (Å²) in [6.07, 6.45) is 1.79. The fourth-order valence-electron chi connectivity index (χ4n) is 2.16. The van der Waals surface area contributed by atoms with Crippen molar-refractivity contribution in [1.29, 1.82) is 0 Å². The summed E-state index contributed by atoms with van der Waals surface area (Å²) >= 11 is 0. The van der Waals surface area contributed by atoms with Gasteiger partial charge in [0.05, 0.1) is 13.2 Å². The van der Waals surface area contributed by atoms with Crippen LogP contribution < -0.4 is 5.32 Å². The van der Waals surface area contributed by atoms with Crippen LogP contribution in [-0.4, -0.2) is 61.3 Å². The normalized spacial score (nSPS) is 22.4. The summed E-state index contributed by atoms with van der Waals surface area (Å²) in [5.74, 6) is -1.31. The van der Waals surface area contributed by atoms with E-state index in [9.17, 15) is 9.59 Å². The Hall–Kier alpha value is -1.14. The molecule has 1 aliphatic carbocycles. The van der Waals surface area contributed by atoms with Crippen molar-refractivity contribution in [3.63, 3.8) is 0 Å². The maximum absolute atomic E-state index is 11.7. The number of carbonyl (C=O) groups is 2. The zero-order valence-electron chi connectivity index (χ0n) is 10.5.